The van der Waals surface area contributed by atoms with Crippen molar-refractivity contribution >= 4 is 22.6 Å². The molecule has 17 heavy (non-hydrogen) atoms. The van der Waals surface area contributed by atoms with Crippen LogP contribution in [0.4, 0.5) is 13.2 Å². The van der Waals surface area contributed by atoms with Gasteiger partial charge in [-0.25, -0.2) is 0 Å². The number of hydrogen-bond donors (Lipinski definition) is 0. The van der Waals surface area contributed by atoms with Crippen LogP contribution in [0.3, 0.4) is 0 Å². The molecule has 8 heteroatoms. The Bertz CT molecular complexity index is 510. The van der Waals surface area contributed by atoms with Crippen LogP contribution >= 0.6 is 22.6 Å². The van der Waals surface area contributed by atoms with Crippen LogP contribution in [0.25, 0.3) is 11.5 Å². The Morgan fingerprint density at radius 2 is 1.76 bits per heavy atom. The van der Waals surface area contributed by atoms with E-state index in [1.807, 2.05) is 22.6 Å². The van der Waals surface area contributed by atoms with Crippen LogP contribution in [0.15, 0.2) is 28.7 Å². The van der Waals surface area contributed by atoms with Gasteiger partial charge in [0.05, 0.1) is 0 Å². The third kappa shape index (κ3) is 3.32. The number of benzene rings is 1. The first-order chi connectivity index (χ1) is 7.94. The molecule has 0 spiro atoms. The molecular formula is C9H4F3IN2O2. The van der Waals surface area contributed by atoms with Gasteiger partial charge >= 0.3 is 6.36 Å². The molecule has 0 aliphatic rings. The highest BCUT2D eigenvalue weighted by molar-refractivity contribution is 14.1. The maximum atomic E-state index is 11.9. The first-order valence-electron chi connectivity index (χ1n) is 4.29. The molecule has 0 saturated carbocycles. The second-order valence-corrected chi connectivity index (χ2v) is 3.86. The highest BCUT2D eigenvalue weighted by Gasteiger charge is 2.31. The molecule has 2 rings (SSSR count). The van der Waals surface area contributed by atoms with E-state index >= 15 is 0 Å². The highest BCUT2D eigenvalue weighted by Crippen LogP contribution is 2.25. The second-order valence-electron chi connectivity index (χ2n) is 2.93. The Hall–Kier alpha value is -1.32. The first-order valence-corrected chi connectivity index (χ1v) is 5.37. The predicted molar refractivity (Wildman–Crippen MR) is 59.1 cm³/mol. The fourth-order valence-electron chi connectivity index (χ4n) is 1.12. The summed E-state index contributed by atoms with van der Waals surface area (Å²) in [4.78, 5) is 0. The zero-order valence-electron chi connectivity index (χ0n) is 8.03. The minimum atomic E-state index is -4.69. The minimum absolute atomic E-state index is 0.243. The average Bonchev–Trinajstić information content (AvgIpc) is 2.63. The predicted octanol–water partition coefficient (Wildman–Crippen LogP) is 3.24. The topological polar surface area (TPSA) is 48.2 Å². The van der Waals surface area contributed by atoms with E-state index in [1.165, 1.54) is 24.3 Å². The van der Waals surface area contributed by atoms with E-state index in [4.69, 9.17) is 4.42 Å². The largest absolute Gasteiger partial charge is 0.573 e. The summed E-state index contributed by atoms with van der Waals surface area (Å²) in [5.41, 5.74) is 0.523. The Labute approximate surface area is 107 Å². The number of halogens is 4. The molecule has 0 fully saturated rings. The summed E-state index contributed by atoms with van der Waals surface area (Å²) < 4.78 is 44.9. The van der Waals surface area contributed by atoms with Crippen molar-refractivity contribution in [1.82, 2.24) is 10.2 Å². The van der Waals surface area contributed by atoms with E-state index in [0.717, 1.165) is 0 Å². The molecule has 1 aromatic heterocycles. The zero-order chi connectivity index (χ0) is 12.5. The van der Waals surface area contributed by atoms with Crippen molar-refractivity contribution in [2.45, 2.75) is 6.36 Å². The van der Waals surface area contributed by atoms with E-state index in [2.05, 4.69) is 14.9 Å². The van der Waals surface area contributed by atoms with Crippen molar-refractivity contribution in [3.63, 3.8) is 0 Å². The normalized spacial score (nSPS) is 11.5. The highest BCUT2D eigenvalue weighted by atomic mass is 127. The maximum Gasteiger partial charge on any atom is 0.573 e. The second kappa shape index (κ2) is 4.51. The fraction of sp³-hybridized carbons (Fsp3) is 0.111. The van der Waals surface area contributed by atoms with Crippen LogP contribution in [0.2, 0.25) is 0 Å². The van der Waals surface area contributed by atoms with Gasteiger partial charge in [-0.2, -0.15) is 0 Å². The van der Waals surface area contributed by atoms with Crippen LogP contribution in [-0.4, -0.2) is 16.6 Å². The SMILES string of the molecule is FC(F)(F)Oc1ccc(-c2nnc(I)o2)cc1. The number of rotatable bonds is 2. The monoisotopic (exact) mass is 356 g/mol. The summed E-state index contributed by atoms with van der Waals surface area (Å²) in [6.45, 7) is 0. The molecule has 0 saturated heterocycles. The van der Waals surface area contributed by atoms with Crippen molar-refractivity contribution in [1.29, 1.82) is 0 Å². The first kappa shape index (κ1) is 12.1. The van der Waals surface area contributed by atoms with Gasteiger partial charge < -0.3 is 9.15 Å². The van der Waals surface area contributed by atoms with Gasteiger partial charge in [0.2, 0.25) is 5.89 Å². The molecule has 0 amide bonds. The summed E-state index contributed by atoms with van der Waals surface area (Å²) in [6, 6.07) is 5.18. The molecule has 2 aromatic rings. The van der Waals surface area contributed by atoms with Crippen LogP contribution in [0.1, 0.15) is 0 Å². The number of alkyl halides is 3. The smallest absolute Gasteiger partial charge is 0.412 e. The number of nitrogens with zero attached hydrogens (tertiary/aromatic N) is 2. The lowest BCUT2D eigenvalue weighted by Gasteiger charge is -2.08. The number of ether oxygens (including phenoxy) is 1. The lowest BCUT2D eigenvalue weighted by Crippen LogP contribution is -2.16. The van der Waals surface area contributed by atoms with Gasteiger partial charge in [0.1, 0.15) is 5.75 Å². The Morgan fingerprint density at radius 3 is 2.24 bits per heavy atom. The zero-order valence-corrected chi connectivity index (χ0v) is 10.2. The van der Waals surface area contributed by atoms with Crippen molar-refractivity contribution in [2.24, 2.45) is 0 Å². The molecule has 0 N–H and O–H groups in total. The molecule has 0 bridgehead atoms. The van der Waals surface area contributed by atoms with Crippen molar-refractivity contribution in [3.8, 4) is 17.2 Å². The lowest BCUT2D eigenvalue weighted by molar-refractivity contribution is -0.274. The molecular weight excluding hydrogens is 352 g/mol. The Kier molecular flexibility index (Phi) is 3.22. The summed E-state index contributed by atoms with van der Waals surface area (Å²) in [7, 11) is 0. The van der Waals surface area contributed by atoms with E-state index in [-0.39, 0.29) is 11.6 Å². The van der Waals surface area contributed by atoms with E-state index in [0.29, 0.717) is 9.46 Å². The van der Waals surface area contributed by atoms with E-state index in [9.17, 15) is 13.2 Å². The minimum Gasteiger partial charge on any atom is -0.412 e. The van der Waals surface area contributed by atoms with Crippen LogP contribution in [0.5, 0.6) is 5.75 Å². The molecule has 0 atom stereocenters. The van der Waals surface area contributed by atoms with Gasteiger partial charge in [0.25, 0.3) is 3.90 Å². The number of aromatic nitrogens is 2. The van der Waals surface area contributed by atoms with Crippen LogP contribution in [-0.2, 0) is 0 Å². The van der Waals surface area contributed by atoms with Gasteiger partial charge in [-0.05, 0) is 24.3 Å². The Balaban J connectivity index is 2.19. The van der Waals surface area contributed by atoms with Gasteiger partial charge in [-0.15, -0.1) is 23.4 Å². The molecule has 0 aliphatic heterocycles. The summed E-state index contributed by atoms with van der Waals surface area (Å²) in [5.74, 6) is -0.0524. The van der Waals surface area contributed by atoms with E-state index < -0.39 is 6.36 Å². The Morgan fingerprint density at radius 1 is 1.12 bits per heavy atom. The van der Waals surface area contributed by atoms with Gasteiger partial charge in [0.15, 0.2) is 0 Å². The average molecular weight is 356 g/mol. The molecule has 90 valence electrons. The quantitative estimate of drug-likeness (QED) is 0.776. The van der Waals surface area contributed by atoms with Crippen molar-refractivity contribution < 1.29 is 22.3 Å². The standard InChI is InChI=1S/C9H4F3IN2O2/c10-9(11,12)17-6-3-1-5(2-4-6)7-14-15-8(13)16-7/h1-4H. The third-order valence-corrected chi connectivity index (χ3v) is 2.17. The third-order valence-electron chi connectivity index (χ3n) is 1.74. The molecule has 1 aromatic carbocycles. The maximum absolute atomic E-state index is 11.9. The van der Waals surface area contributed by atoms with Gasteiger partial charge in [-0.3, -0.25) is 0 Å². The lowest BCUT2D eigenvalue weighted by atomic mass is 10.2. The van der Waals surface area contributed by atoms with Crippen molar-refractivity contribution in [3.05, 3.63) is 28.2 Å². The van der Waals surface area contributed by atoms with E-state index in [1.54, 1.807) is 0 Å². The van der Waals surface area contributed by atoms with Crippen LogP contribution in [0, 0.1) is 3.90 Å². The summed E-state index contributed by atoms with van der Waals surface area (Å²) in [6.07, 6.45) is -4.69. The molecule has 1 heterocycles. The summed E-state index contributed by atoms with van der Waals surface area (Å²) in [5, 5.41) is 7.34. The molecule has 0 radical (unpaired) electrons. The van der Waals surface area contributed by atoms with Gasteiger partial charge in [0, 0.05) is 28.2 Å². The van der Waals surface area contributed by atoms with Crippen LogP contribution < -0.4 is 4.74 Å². The fourth-order valence-corrected chi connectivity index (χ4v) is 1.44. The molecule has 0 aliphatic carbocycles. The van der Waals surface area contributed by atoms with Crippen molar-refractivity contribution in [2.75, 3.05) is 0 Å². The summed E-state index contributed by atoms with van der Waals surface area (Å²) >= 11 is 1.84. The molecule has 0 unspecified atom stereocenters. The van der Waals surface area contributed by atoms with Gasteiger partial charge in [-0.1, -0.05) is 0 Å². The number of hydrogen-bond acceptors (Lipinski definition) is 4. The molecule has 4 nitrogen and oxygen atoms in total.